The van der Waals surface area contributed by atoms with E-state index >= 15 is 0 Å². The average molecular weight is 487 g/mol. The Bertz CT molecular complexity index is 1090. The summed E-state index contributed by atoms with van der Waals surface area (Å²) < 4.78 is 30.1. The molecule has 0 heterocycles. The minimum Gasteiger partial charge on any atom is -0.493 e. The predicted molar refractivity (Wildman–Crippen MR) is 130 cm³/mol. The minimum atomic E-state index is -0.787. The second-order valence-corrected chi connectivity index (χ2v) is 8.65. The monoisotopic (exact) mass is 486 g/mol. The zero-order valence-corrected chi connectivity index (χ0v) is 20.0. The molecule has 1 atom stereocenters. The van der Waals surface area contributed by atoms with Crippen LogP contribution in [0.1, 0.15) is 32.3 Å². The summed E-state index contributed by atoms with van der Waals surface area (Å²) in [6.45, 7) is 4.53. The lowest BCUT2D eigenvalue weighted by Gasteiger charge is -2.23. The van der Waals surface area contributed by atoms with Crippen LogP contribution in [0.5, 0.6) is 23.0 Å². The average Bonchev–Trinajstić information content (AvgIpc) is 2.82. The van der Waals surface area contributed by atoms with Crippen LogP contribution in [0.15, 0.2) is 66.7 Å². The highest BCUT2D eigenvalue weighted by Crippen LogP contribution is 2.31. The number of hydrogen-bond acceptors (Lipinski definition) is 4. The fourth-order valence-electron chi connectivity index (χ4n) is 3.24. The van der Waals surface area contributed by atoms with Crippen LogP contribution in [0, 0.1) is 11.2 Å². The Labute approximate surface area is 204 Å². The van der Waals surface area contributed by atoms with Crippen molar-refractivity contribution < 1.29 is 28.5 Å². The molecule has 0 aliphatic carbocycles. The molecule has 0 radical (unpaired) electrons. The first-order valence-electron chi connectivity index (χ1n) is 11.1. The lowest BCUT2D eigenvalue weighted by Crippen LogP contribution is -2.29. The van der Waals surface area contributed by atoms with E-state index in [4.69, 9.17) is 25.8 Å². The Morgan fingerprint density at radius 1 is 0.941 bits per heavy atom. The molecule has 0 spiro atoms. The van der Waals surface area contributed by atoms with E-state index in [1.807, 2.05) is 31.2 Å². The molecule has 5 nitrogen and oxygen atoms in total. The summed E-state index contributed by atoms with van der Waals surface area (Å²) in [6.07, 6.45) is 1.69. The van der Waals surface area contributed by atoms with Crippen molar-refractivity contribution in [2.24, 2.45) is 5.41 Å². The van der Waals surface area contributed by atoms with E-state index < -0.39 is 11.4 Å². The third-order valence-corrected chi connectivity index (χ3v) is 5.88. The number of ether oxygens (including phenoxy) is 3. The lowest BCUT2D eigenvalue weighted by atomic mass is 9.81. The molecule has 0 amide bonds. The van der Waals surface area contributed by atoms with Gasteiger partial charge in [0.1, 0.15) is 28.8 Å². The quantitative estimate of drug-likeness (QED) is 0.275. The molecular weight excluding hydrogens is 459 g/mol. The zero-order chi connectivity index (χ0) is 24.6. The highest BCUT2D eigenvalue weighted by atomic mass is 35.5. The maximum absolute atomic E-state index is 13.0. The summed E-state index contributed by atoms with van der Waals surface area (Å²) in [6, 6.07) is 18.3. The molecule has 0 bridgehead atoms. The van der Waals surface area contributed by atoms with Crippen LogP contribution < -0.4 is 14.2 Å². The molecule has 180 valence electrons. The summed E-state index contributed by atoms with van der Waals surface area (Å²) in [5, 5.41) is 9.85. The Morgan fingerprint density at radius 2 is 1.56 bits per heavy atom. The van der Waals surface area contributed by atoms with Gasteiger partial charge in [-0.05, 0) is 73.9 Å². The second kappa shape index (κ2) is 11.7. The smallest absolute Gasteiger partial charge is 0.309 e. The SMILES string of the molecule is CCC(C)(Cc1ccc(OCCCOc2ccc(Oc3ccc(F)cc3)cc2Cl)cc1)C(=O)O. The van der Waals surface area contributed by atoms with Crippen LogP contribution in [0.3, 0.4) is 0 Å². The van der Waals surface area contributed by atoms with E-state index in [-0.39, 0.29) is 5.82 Å². The van der Waals surface area contributed by atoms with E-state index in [1.165, 1.54) is 12.1 Å². The van der Waals surface area contributed by atoms with Crippen LogP contribution in [0.25, 0.3) is 0 Å². The van der Waals surface area contributed by atoms with Crippen molar-refractivity contribution >= 4 is 17.6 Å². The molecule has 0 aliphatic heterocycles. The van der Waals surface area contributed by atoms with Gasteiger partial charge in [0, 0.05) is 12.5 Å². The van der Waals surface area contributed by atoms with Crippen LogP contribution in [-0.4, -0.2) is 24.3 Å². The van der Waals surface area contributed by atoms with Crippen LogP contribution in [0.4, 0.5) is 4.39 Å². The van der Waals surface area contributed by atoms with E-state index in [9.17, 15) is 14.3 Å². The molecule has 34 heavy (non-hydrogen) atoms. The summed E-state index contributed by atoms with van der Waals surface area (Å²) in [7, 11) is 0. The molecule has 0 aromatic heterocycles. The summed E-state index contributed by atoms with van der Waals surface area (Å²) in [5.41, 5.74) is 0.190. The zero-order valence-electron chi connectivity index (χ0n) is 19.2. The van der Waals surface area contributed by atoms with Crippen molar-refractivity contribution in [2.45, 2.75) is 33.1 Å². The van der Waals surface area contributed by atoms with Gasteiger partial charge in [0.2, 0.25) is 0 Å². The van der Waals surface area contributed by atoms with Crippen molar-refractivity contribution in [1.82, 2.24) is 0 Å². The van der Waals surface area contributed by atoms with Gasteiger partial charge in [-0.3, -0.25) is 4.79 Å². The molecule has 3 aromatic rings. The molecule has 3 rings (SSSR count). The van der Waals surface area contributed by atoms with Crippen molar-refractivity contribution in [3.63, 3.8) is 0 Å². The number of halogens is 2. The third kappa shape index (κ3) is 7.12. The van der Waals surface area contributed by atoms with Gasteiger partial charge in [-0.2, -0.15) is 0 Å². The van der Waals surface area contributed by atoms with Crippen LogP contribution >= 0.6 is 11.6 Å². The largest absolute Gasteiger partial charge is 0.493 e. The maximum Gasteiger partial charge on any atom is 0.309 e. The van der Waals surface area contributed by atoms with Gasteiger partial charge in [0.25, 0.3) is 0 Å². The van der Waals surface area contributed by atoms with Gasteiger partial charge in [0.05, 0.1) is 23.7 Å². The number of benzene rings is 3. The van der Waals surface area contributed by atoms with Crippen molar-refractivity contribution in [3.8, 4) is 23.0 Å². The first kappa shape index (κ1) is 25.4. The van der Waals surface area contributed by atoms with Crippen LogP contribution in [0.2, 0.25) is 5.02 Å². The molecular formula is C27H28ClFO5. The van der Waals surface area contributed by atoms with Gasteiger partial charge >= 0.3 is 5.97 Å². The molecule has 0 aliphatic rings. The van der Waals surface area contributed by atoms with Gasteiger partial charge in [-0.15, -0.1) is 0 Å². The normalized spacial score (nSPS) is 12.6. The molecule has 7 heteroatoms. The first-order chi connectivity index (χ1) is 16.3. The standard InChI is InChI=1S/C27H28ClFO5/c1-3-27(2,26(30)31)18-19-5-9-21(10-6-19)32-15-4-16-33-25-14-13-23(17-24(25)28)34-22-11-7-20(29)8-12-22/h5-14,17H,3-4,15-16,18H2,1-2H3,(H,30,31). The molecule has 0 saturated heterocycles. The van der Waals surface area contributed by atoms with Crippen molar-refractivity contribution in [1.29, 1.82) is 0 Å². The van der Waals surface area contributed by atoms with Gasteiger partial charge in [0.15, 0.2) is 0 Å². The highest BCUT2D eigenvalue weighted by Gasteiger charge is 2.31. The number of carboxylic acids is 1. The topological polar surface area (TPSA) is 65.0 Å². The Balaban J connectivity index is 1.41. The second-order valence-electron chi connectivity index (χ2n) is 8.24. The number of carboxylic acid groups (broad SMARTS) is 1. The Kier molecular flexibility index (Phi) is 8.77. The maximum atomic E-state index is 13.0. The highest BCUT2D eigenvalue weighted by molar-refractivity contribution is 6.32. The minimum absolute atomic E-state index is 0.328. The first-order valence-corrected chi connectivity index (χ1v) is 11.5. The molecule has 0 fully saturated rings. The molecule has 1 unspecified atom stereocenters. The lowest BCUT2D eigenvalue weighted by molar-refractivity contribution is -0.148. The number of hydrogen-bond donors (Lipinski definition) is 1. The van der Waals surface area contributed by atoms with Gasteiger partial charge < -0.3 is 19.3 Å². The van der Waals surface area contributed by atoms with Gasteiger partial charge in [-0.1, -0.05) is 30.7 Å². The van der Waals surface area contributed by atoms with E-state index in [1.54, 1.807) is 37.3 Å². The number of carbonyl (C=O) groups is 1. The van der Waals surface area contributed by atoms with Crippen molar-refractivity contribution in [3.05, 3.63) is 83.1 Å². The summed E-state index contributed by atoms with van der Waals surface area (Å²) in [5.74, 6) is 1.18. The van der Waals surface area contributed by atoms with E-state index in [0.717, 1.165) is 11.3 Å². The molecule has 3 aromatic carbocycles. The van der Waals surface area contributed by atoms with Crippen LogP contribution in [-0.2, 0) is 11.2 Å². The third-order valence-electron chi connectivity index (χ3n) is 5.58. The Morgan fingerprint density at radius 3 is 2.18 bits per heavy atom. The fraction of sp³-hybridized carbons (Fsp3) is 0.296. The number of rotatable bonds is 12. The fourth-order valence-corrected chi connectivity index (χ4v) is 3.46. The Hall–Kier alpha value is -3.25. The van der Waals surface area contributed by atoms with E-state index in [2.05, 4.69) is 0 Å². The molecule has 0 saturated carbocycles. The predicted octanol–water partition coefficient (Wildman–Crippen LogP) is 7.16. The number of aliphatic carboxylic acids is 1. The van der Waals surface area contributed by atoms with Crippen molar-refractivity contribution in [2.75, 3.05) is 13.2 Å². The summed E-state index contributed by atoms with van der Waals surface area (Å²) >= 11 is 6.29. The van der Waals surface area contributed by atoms with Gasteiger partial charge in [-0.25, -0.2) is 4.39 Å². The summed E-state index contributed by atoms with van der Waals surface area (Å²) in [4.78, 5) is 11.5. The molecule has 1 N–H and O–H groups in total. The van der Waals surface area contributed by atoms with E-state index in [0.29, 0.717) is 54.7 Å².